The number of pyridine rings is 1. The maximum Gasteiger partial charge on any atom is 0.112 e. The number of hydrogen-bond acceptors (Lipinski definition) is 1. The topological polar surface area (TPSA) is 12.9 Å². The van der Waals surface area contributed by atoms with Crippen LogP contribution < -0.4 is 0 Å². The molecule has 0 atom stereocenters. The van der Waals surface area contributed by atoms with Crippen LogP contribution in [0.15, 0.2) is 18.3 Å². The lowest BCUT2D eigenvalue weighted by Crippen LogP contribution is -1.88. The monoisotopic (exact) mass is 173 g/mol. The molecule has 68 valence electrons. The van der Waals surface area contributed by atoms with Gasteiger partial charge in [0, 0.05) is 6.20 Å². The molecule has 0 bridgehead atoms. The van der Waals surface area contributed by atoms with Crippen LogP contribution in [0.4, 0.5) is 0 Å². The molecule has 1 aromatic rings. The highest BCUT2D eigenvalue weighted by atomic mass is 14.7. The van der Waals surface area contributed by atoms with E-state index in [9.17, 15) is 0 Å². The molecule has 1 aromatic heterocycles. The summed E-state index contributed by atoms with van der Waals surface area (Å²) < 4.78 is 0. The largest absolute Gasteiger partial charge is 0.248 e. The van der Waals surface area contributed by atoms with Gasteiger partial charge in [-0.1, -0.05) is 31.8 Å². The standard InChI is InChI=1S/C12H15N/c1-3-5-6-7-11-8-9-12(4-2)13-10-11/h2,8-10H,3,5-7H2,1H3. The first-order chi connectivity index (χ1) is 6.36. The quantitative estimate of drug-likeness (QED) is 0.504. The zero-order valence-corrected chi connectivity index (χ0v) is 8.09. The first-order valence-electron chi connectivity index (χ1n) is 4.78. The molecule has 1 rings (SSSR count). The zero-order chi connectivity index (χ0) is 9.52. The zero-order valence-electron chi connectivity index (χ0n) is 8.09. The normalized spacial score (nSPS) is 9.54. The first-order valence-corrected chi connectivity index (χ1v) is 4.78. The third kappa shape index (κ3) is 3.29. The van der Waals surface area contributed by atoms with E-state index in [1.54, 1.807) is 0 Å². The fourth-order valence-electron chi connectivity index (χ4n) is 1.24. The molecule has 0 radical (unpaired) electrons. The van der Waals surface area contributed by atoms with E-state index >= 15 is 0 Å². The van der Waals surface area contributed by atoms with Crippen molar-refractivity contribution in [3.8, 4) is 12.3 Å². The van der Waals surface area contributed by atoms with Crippen LogP contribution in [0, 0.1) is 12.3 Å². The molecule has 1 heteroatoms. The van der Waals surface area contributed by atoms with E-state index < -0.39 is 0 Å². The summed E-state index contributed by atoms with van der Waals surface area (Å²) in [5.41, 5.74) is 2.01. The highest BCUT2D eigenvalue weighted by Gasteiger charge is 1.93. The number of terminal acetylenes is 1. The predicted molar refractivity (Wildman–Crippen MR) is 55.4 cm³/mol. The molecule has 0 saturated carbocycles. The van der Waals surface area contributed by atoms with E-state index in [0.717, 1.165) is 12.1 Å². The third-order valence-electron chi connectivity index (χ3n) is 2.04. The van der Waals surface area contributed by atoms with Crippen LogP contribution in [0.5, 0.6) is 0 Å². The summed E-state index contributed by atoms with van der Waals surface area (Å²) in [7, 11) is 0. The van der Waals surface area contributed by atoms with Crippen molar-refractivity contribution >= 4 is 0 Å². The Bertz CT molecular complexity index is 279. The van der Waals surface area contributed by atoms with Crippen molar-refractivity contribution in [2.45, 2.75) is 32.6 Å². The molecule has 13 heavy (non-hydrogen) atoms. The Kier molecular flexibility index (Phi) is 4.05. The van der Waals surface area contributed by atoms with Crippen molar-refractivity contribution in [1.82, 2.24) is 4.98 Å². The lowest BCUT2D eigenvalue weighted by molar-refractivity contribution is 0.716. The fraction of sp³-hybridized carbons (Fsp3) is 0.417. The van der Waals surface area contributed by atoms with Crippen molar-refractivity contribution in [3.05, 3.63) is 29.6 Å². The average Bonchev–Trinajstić information content (AvgIpc) is 2.19. The maximum atomic E-state index is 5.21. The van der Waals surface area contributed by atoms with Gasteiger partial charge in [0.25, 0.3) is 0 Å². The molecule has 0 unspecified atom stereocenters. The number of aryl methyl sites for hydroxylation is 1. The van der Waals surface area contributed by atoms with Gasteiger partial charge in [0.2, 0.25) is 0 Å². The molecular weight excluding hydrogens is 158 g/mol. The molecule has 0 N–H and O–H groups in total. The molecule has 0 aliphatic heterocycles. The summed E-state index contributed by atoms with van der Waals surface area (Å²) in [6.07, 6.45) is 12.0. The molecule has 0 amide bonds. The van der Waals surface area contributed by atoms with Crippen molar-refractivity contribution in [1.29, 1.82) is 0 Å². The van der Waals surface area contributed by atoms with Crippen LogP contribution >= 0.6 is 0 Å². The van der Waals surface area contributed by atoms with Crippen molar-refractivity contribution in [3.63, 3.8) is 0 Å². The summed E-state index contributed by atoms with van der Waals surface area (Å²) in [5.74, 6) is 2.51. The van der Waals surface area contributed by atoms with Gasteiger partial charge < -0.3 is 0 Å². The van der Waals surface area contributed by atoms with Gasteiger partial charge >= 0.3 is 0 Å². The van der Waals surface area contributed by atoms with Gasteiger partial charge in [0.1, 0.15) is 5.69 Å². The second-order valence-electron chi connectivity index (χ2n) is 3.15. The van der Waals surface area contributed by atoms with Crippen LogP contribution in [0.2, 0.25) is 0 Å². The third-order valence-corrected chi connectivity index (χ3v) is 2.04. The van der Waals surface area contributed by atoms with Crippen LogP contribution in [-0.4, -0.2) is 4.98 Å². The van der Waals surface area contributed by atoms with Gasteiger partial charge in [-0.3, -0.25) is 0 Å². The van der Waals surface area contributed by atoms with E-state index in [1.807, 2.05) is 12.3 Å². The smallest absolute Gasteiger partial charge is 0.112 e. The van der Waals surface area contributed by atoms with Gasteiger partial charge in [-0.2, -0.15) is 0 Å². The van der Waals surface area contributed by atoms with Gasteiger partial charge in [-0.15, -0.1) is 6.42 Å². The second kappa shape index (κ2) is 5.37. The van der Waals surface area contributed by atoms with Crippen molar-refractivity contribution in [2.75, 3.05) is 0 Å². The molecule has 1 heterocycles. The minimum atomic E-state index is 0.722. The lowest BCUT2D eigenvalue weighted by atomic mass is 10.1. The molecule has 0 saturated heterocycles. The molecule has 1 nitrogen and oxygen atoms in total. The van der Waals surface area contributed by atoms with E-state index in [1.165, 1.54) is 24.8 Å². The summed E-state index contributed by atoms with van der Waals surface area (Å²) in [4.78, 5) is 4.14. The summed E-state index contributed by atoms with van der Waals surface area (Å²) in [6.45, 7) is 2.21. The fourth-order valence-corrected chi connectivity index (χ4v) is 1.24. The van der Waals surface area contributed by atoms with E-state index in [0.29, 0.717) is 0 Å². The molecular formula is C12H15N. The van der Waals surface area contributed by atoms with Crippen molar-refractivity contribution < 1.29 is 0 Å². The Morgan fingerprint density at radius 3 is 2.77 bits per heavy atom. The van der Waals surface area contributed by atoms with Crippen molar-refractivity contribution in [2.24, 2.45) is 0 Å². The Balaban J connectivity index is 2.46. The highest BCUT2D eigenvalue weighted by Crippen LogP contribution is 2.05. The number of unbranched alkanes of at least 4 members (excludes halogenated alkanes) is 2. The number of nitrogens with zero attached hydrogens (tertiary/aromatic N) is 1. The SMILES string of the molecule is C#Cc1ccc(CCCCC)cn1. The Morgan fingerprint density at radius 1 is 1.38 bits per heavy atom. The van der Waals surface area contributed by atoms with Crippen LogP contribution in [0.1, 0.15) is 37.4 Å². The minimum Gasteiger partial charge on any atom is -0.248 e. The second-order valence-corrected chi connectivity index (χ2v) is 3.15. The summed E-state index contributed by atoms with van der Waals surface area (Å²) in [6, 6.07) is 3.97. The lowest BCUT2D eigenvalue weighted by Gasteiger charge is -1.99. The maximum absolute atomic E-state index is 5.21. The van der Waals surface area contributed by atoms with Crippen LogP contribution in [-0.2, 0) is 6.42 Å². The Morgan fingerprint density at radius 2 is 2.23 bits per heavy atom. The van der Waals surface area contributed by atoms with E-state index in [4.69, 9.17) is 6.42 Å². The van der Waals surface area contributed by atoms with Gasteiger partial charge in [-0.05, 0) is 24.5 Å². The van der Waals surface area contributed by atoms with Gasteiger partial charge in [-0.25, -0.2) is 4.98 Å². The first kappa shape index (κ1) is 9.80. The van der Waals surface area contributed by atoms with E-state index in [-0.39, 0.29) is 0 Å². The minimum absolute atomic E-state index is 0.722. The van der Waals surface area contributed by atoms with Crippen LogP contribution in [0.25, 0.3) is 0 Å². The Labute approximate surface area is 80.2 Å². The molecule has 0 aromatic carbocycles. The number of hydrogen-bond donors (Lipinski definition) is 0. The molecule has 0 fully saturated rings. The average molecular weight is 173 g/mol. The van der Waals surface area contributed by atoms with Gasteiger partial charge in [0.05, 0.1) is 0 Å². The number of aromatic nitrogens is 1. The Hall–Kier alpha value is -1.29. The molecule has 0 aliphatic rings. The summed E-state index contributed by atoms with van der Waals surface area (Å²) >= 11 is 0. The van der Waals surface area contributed by atoms with Gasteiger partial charge in [0.15, 0.2) is 0 Å². The predicted octanol–water partition coefficient (Wildman–Crippen LogP) is 2.80. The summed E-state index contributed by atoms with van der Waals surface area (Å²) in [5, 5.41) is 0. The number of rotatable bonds is 4. The molecule has 0 aliphatic carbocycles. The highest BCUT2D eigenvalue weighted by molar-refractivity contribution is 5.26. The van der Waals surface area contributed by atoms with E-state index in [2.05, 4.69) is 23.9 Å². The molecule has 0 spiro atoms. The van der Waals surface area contributed by atoms with Crippen LogP contribution in [0.3, 0.4) is 0 Å².